The molecule has 2 bridgehead atoms. The summed E-state index contributed by atoms with van der Waals surface area (Å²) in [7, 11) is 0. The molecule has 1 N–H and O–H groups in total. The minimum absolute atomic E-state index is 0.00144. The van der Waals surface area contributed by atoms with Gasteiger partial charge in [-0.25, -0.2) is 9.18 Å². The third kappa shape index (κ3) is 3.09. The van der Waals surface area contributed by atoms with Gasteiger partial charge in [-0.1, -0.05) is 30.3 Å². The zero-order chi connectivity index (χ0) is 20.1. The first-order valence-corrected chi connectivity index (χ1v) is 9.91. The molecule has 148 valence electrons. The molecule has 0 saturated carbocycles. The largest absolute Gasteiger partial charge is 0.334 e. The van der Waals surface area contributed by atoms with E-state index in [4.69, 9.17) is 0 Å². The van der Waals surface area contributed by atoms with E-state index in [0.717, 1.165) is 6.42 Å². The fourth-order valence-electron chi connectivity index (χ4n) is 4.75. The van der Waals surface area contributed by atoms with Crippen LogP contribution in [0.1, 0.15) is 23.1 Å². The van der Waals surface area contributed by atoms with E-state index in [1.54, 1.807) is 6.07 Å². The molecule has 3 amide bonds. The van der Waals surface area contributed by atoms with Crippen LogP contribution in [0.15, 0.2) is 48.5 Å². The van der Waals surface area contributed by atoms with Crippen molar-refractivity contribution in [3.8, 4) is 0 Å². The lowest BCUT2D eigenvalue weighted by molar-refractivity contribution is -0.132. The molecular formula is C23H22FN3O2. The van der Waals surface area contributed by atoms with Crippen molar-refractivity contribution in [3.05, 3.63) is 71.0 Å². The van der Waals surface area contributed by atoms with Crippen LogP contribution in [-0.4, -0.2) is 40.9 Å². The number of aryl methyl sites for hydroxylation is 1. The Morgan fingerprint density at radius 3 is 2.83 bits per heavy atom. The van der Waals surface area contributed by atoms with Crippen molar-refractivity contribution in [2.24, 2.45) is 5.92 Å². The van der Waals surface area contributed by atoms with Gasteiger partial charge >= 0.3 is 6.03 Å². The maximum Gasteiger partial charge on any atom is 0.322 e. The van der Waals surface area contributed by atoms with Gasteiger partial charge in [0, 0.05) is 18.2 Å². The van der Waals surface area contributed by atoms with Crippen LogP contribution >= 0.6 is 0 Å². The molecule has 0 spiro atoms. The van der Waals surface area contributed by atoms with Crippen molar-refractivity contribution in [1.82, 2.24) is 9.80 Å². The van der Waals surface area contributed by atoms with Crippen LogP contribution in [0, 0.1) is 18.7 Å². The predicted octanol–water partition coefficient (Wildman–Crippen LogP) is 3.80. The summed E-state index contributed by atoms with van der Waals surface area (Å²) in [4.78, 5) is 28.6. The summed E-state index contributed by atoms with van der Waals surface area (Å²) in [5, 5.41) is 2.74. The SMILES string of the molecule is Cc1ccccc1C1=C[C@@H]2C[C@H]1CN2C(=O)CN1Cc2cc(F)ccc2NC1=O. The highest BCUT2D eigenvalue weighted by Crippen LogP contribution is 2.43. The summed E-state index contributed by atoms with van der Waals surface area (Å²) >= 11 is 0. The second kappa shape index (κ2) is 6.72. The van der Waals surface area contributed by atoms with Gasteiger partial charge in [-0.05, 0) is 53.8 Å². The van der Waals surface area contributed by atoms with Crippen LogP contribution in [-0.2, 0) is 11.3 Å². The molecule has 1 saturated heterocycles. The van der Waals surface area contributed by atoms with Crippen molar-refractivity contribution >= 4 is 23.2 Å². The molecule has 2 atom stereocenters. The van der Waals surface area contributed by atoms with Crippen LogP contribution in [0.4, 0.5) is 14.9 Å². The van der Waals surface area contributed by atoms with Gasteiger partial charge in [0.15, 0.2) is 0 Å². The first-order chi connectivity index (χ1) is 14.0. The van der Waals surface area contributed by atoms with Gasteiger partial charge in [-0.3, -0.25) is 4.79 Å². The van der Waals surface area contributed by atoms with Gasteiger partial charge in [-0.2, -0.15) is 0 Å². The number of fused-ring (bicyclic) bond motifs is 3. The molecule has 2 aliphatic heterocycles. The van der Waals surface area contributed by atoms with Gasteiger partial charge in [0.1, 0.15) is 12.4 Å². The van der Waals surface area contributed by atoms with Crippen molar-refractivity contribution in [1.29, 1.82) is 0 Å². The molecule has 29 heavy (non-hydrogen) atoms. The molecular weight excluding hydrogens is 369 g/mol. The number of hydrogen-bond donors (Lipinski definition) is 1. The normalized spacial score (nSPS) is 22.4. The summed E-state index contributed by atoms with van der Waals surface area (Å²) in [5.74, 6) is -0.0699. The van der Waals surface area contributed by atoms with Gasteiger partial charge < -0.3 is 15.1 Å². The van der Waals surface area contributed by atoms with Gasteiger partial charge in [-0.15, -0.1) is 0 Å². The standard InChI is InChI=1S/C23H22FN3O2/c1-14-4-2-3-5-19(14)20-10-18-9-15(20)12-27(18)22(28)13-26-11-16-8-17(24)6-7-21(16)25-23(26)29/h2-8,10,15,18H,9,11-13H2,1H3,(H,25,29)/t15-,18-/m0/s1. The molecule has 3 aliphatic rings. The topological polar surface area (TPSA) is 52.7 Å². The third-order valence-corrected chi connectivity index (χ3v) is 6.22. The Balaban J connectivity index is 1.30. The van der Waals surface area contributed by atoms with Crippen LogP contribution in [0.2, 0.25) is 0 Å². The van der Waals surface area contributed by atoms with E-state index in [1.807, 2.05) is 17.0 Å². The second-order valence-electron chi connectivity index (χ2n) is 8.07. The number of nitrogens with zero attached hydrogens (tertiary/aromatic N) is 2. The molecule has 2 heterocycles. The van der Waals surface area contributed by atoms with Crippen molar-refractivity contribution < 1.29 is 14.0 Å². The highest BCUT2D eigenvalue weighted by molar-refractivity contribution is 5.95. The Bertz CT molecular complexity index is 1050. The van der Waals surface area contributed by atoms with Gasteiger partial charge in [0.25, 0.3) is 0 Å². The quantitative estimate of drug-likeness (QED) is 0.865. The molecule has 2 aromatic rings. The lowest BCUT2D eigenvalue weighted by Crippen LogP contribution is -2.47. The first kappa shape index (κ1) is 17.9. The highest BCUT2D eigenvalue weighted by Gasteiger charge is 2.42. The van der Waals surface area contributed by atoms with Crippen LogP contribution in [0.3, 0.4) is 0 Å². The molecule has 2 aromatic carbocycles. The van der Waals surface area contributed by atoms with E-state index < -0.39 is 0 Å². The van der Waals surface area contributed by atoms with E-state index in [0.29, 0.717) is 23.7 Å². The zero-order valence-corrected chi connectivity index (χ0v) is 16.2. The Hall–Kier alpha value is -3.15. The number of amides is 3. The van der Waals surface area contributed by atoms with E-state index >= 15 is 0 Å². The number of carbonyl (C=O) groups is 2. The molecule has 0 radical (unpaired) electrons. The van der Waals surface area contributed by atoms with Crippen molar-refractivity contribution in [2.45, 2.75) is 25.9 Å². The summed E-state index contributed by atoms with van der Waals surface area (Å²) < 4.78 is 13.5. The van der Waals surface area contributed by atoms with Crippen LogP contribution in [0.25, 0.3) is 5.57 Å². The Morgan fingerprint density at radius 1 is 1.24 bits per heavy atom. The average molecular weight is 391 g/mol. The number of urea groups is 1. The summed E-state index contributed by atoms with van der Waals surface area (Å²) in [5.41, 5.74) is 5.13. The number of rotatable bonds is 3. The Kier molecular flexibility index (Phi) is 4.15. The third-order valence-electron chi connectivity index (χ3n) is 6.22. The highest BCUT2D eigenvalue weighted by atomic mass is 19.1. The number of nitrogens with one attached hydrogen (secondary N) is 1. The number of hydrogen-bond acceptors (Lipinski definition) is 2. The average Bonchev–Trinajstić information content (AvgIpc) is 3.30. The van der Waals surface area contributed by atoms with Crippen molar-refractivity contribution in [3.63, 3.8) is 0 Å². The maximum absolute atomic E-state index is 13.5. The Morgan fingerprint density at radius 2 is 2.07 bits per heavy atom. The predicted molar refractivity (Wildman–Crippen MR) is 109 cm³/mol. The minimum atomic E-state index is -0.350. The zero-order valence-electron chi connectivity index (χ0n) is 16.2. The van der Waals surface area contributed by atoms with E-state index in [9.17, 15) is 14.0 Å². The number of halogens is 1. The van der Waals surface area contributed by atoms with Crippen LogP contribution in [0.5, 0.6) is 0 Å². The molecule has 1 aliphatic carbocycles. The number of benzene rings is 2. The van der Waals surface area contributed by atoms with E-state index in [-0.39, 0.29) is 36.9 Å². The lowest BCUT2D eigenvalue weighted by atomic mass is 9.92. The van der Waals surface area contributed by atoms with Gasteiger partial charge in [0.05, 0.1) is 12.6 Å². The molecule has 1 fully saturated rings. The molecule has 0 unspecified atom stereocenters. The number of carbonyl (C=O) groups excluding carboxylic acids is 2. The number of anilines is 1. The fourth-order valence-corrected chi connectivity index (χ4v) is 4.75. The smallest absolute Gasteiger partial charge is 0.322 e. The van der Waals surface area contributed by atoms with E-state index in [1.165, 1.54) is 33.7 Å². The lowest BCUT2D eigenvalue weighted by Gasteiger charge is -2.32. The monoisotopic (exact) mass is 391 g/mol. The maximum atomic E-state index is 13.5. The fraction of sp³-hybridized carbons (Fsp3) is 0.304. The summed E-state index contributed by atoms with van der Waals surface area (Å²) in [6.07, 6.45) is 3.14. The van der Waals surface area contributed by atoms with Crippen molar-refractivity contribution in [2.75, 3.05) is 18.4 Å². The number of likely N-dealkylation sites (tertiary alicyclic amines) is 1. The minimum Gasteiger partial charge on any atom is -0.334 e. The molecule has 6 heteroatoms. The van der Waals surface area contributed by atoms with E-state index in [2.05, 4.69) is 30.4 Å². The Labute approximate surface area is 168 Å². The summed E-state index contributed by atoms with van der Waals surface area (Å²) in [6.45, 7) is 3.03. The van der Waals surface area contributed by atoms with Crippen LogP contribution < -0.4 is 5.32 Å². The molecule has 5 rings (SSSR count). The second-order valence-corrected chi connectivity index (χ2v) is 8.07. The van der Waals surface area contributed by atoms with Gasteiger partial charge in [0.2, 0.25) is 5.91 Å². The first-order valence-electron chi connectivity index (χ1n) is 9.91. The molecule has 0 aromatic heterocycles. The molecule has 5 nitrogen and oxygen atoms in total. The summed E-state index contributed by atoms with van der Waals surface area (Å²) in [6, 6.07) is 12.4.